The molecule has 2 rings (SSSR count). The van der Waals surface area contributed by atoms with Gasteiger partial charge in [0.15, 0.2) is 0 Å². The summed E-state index contributed by atoms with van der Waals surface area (Å²) < 4.78 is 22.6. The lowest BCUT2D eigenvalue weighted by Crippen LogP contribution is -2.43. The highest BCUT2D eigenvalue weighted by molar-refractivity contribution is 8.34. The number of carbonyl (C=O) groups excluding carboxylic acids is 2. The first-order chi connectivity index (χ1) is 9.00. The molecule has 0 radical (unpaired) electrons. The lowest BCUT2D eigenvalue weighted by molar-refractivity contribution is -0.138. The molecule has 1 N–H and O–H groups in total. The summed E-state index contributed by atoms with van der Waals surface area (Å²) in [5.74, 6) is -0.899. The van der Waals surface area contributed by atoms with E-state index in [1.807, 2.05) is 0 Å². The fraction of sp³-hybridized carbons (Fsp3) is 0.273. The zero-order valence-electron chi connectivity index (χ0n) is 10.1. The molecule has 1 aliphatic rings. The van der Waals surface area contributed by atoms with Crippen molar-refractivity contribution >= 4 is 30.5 Å². The van der Waals surface area contributed by atoms with Crippen molar-refractivity contribution < 1.29 is 18.0 Å². The van der Waals surface area contributed by atoms with Gasteiger partial charge in [-0.05, 0) is 15.0 Å². The van der Waals surface area contributed by atoms with Crippen LogP contribution in [-0.4, -0.2) is 31.0 Å². The summed E-state index contributed by atoms with van der Waals surface area (Å²) >= 11 is 0. The Kier molecular flexibility index (Phi) is 4.01. The average Bonchev–Trinajstić information content (AvgIpc) is 2.68. The van der Waals surface area contributed by atoms with Gasteiger partial charge in [0.05, 0.1) is 5.75 Å². The fourth-order valence-electron chi connectivity index (χ4n) is 1.85. The molecule has 0 aromatic heterocycles. The number of carbonyl (C=O) groups is 2. The van der Waals surface area contributed by atoms with Crippen LogP contribution >= 0.6 is 0 Å². The largest absolute Gasteiger partial charge is 0.274 e. The minimum atomic E-state index is -2.36. The van der Waals surface area contributed by atoms with Crippen molar-refractivity contribution in [1.82, 2.24) is 10.4 Å². The maximum Gasteiger partial charge on any atom is 0.252 e. The lowest BCUT2D eigenvalue weighted by Gasteiger charge is -2.24. The Morgan fingerprint density at radius 3 is 2.53 bits per heavy atom. The second-order valence-corrected chi connectivity index (χ2v) is 7.93. The Morgan fingerprint density at radius 1 is 1.37 bits per heavy atom. The summed E-state index contributed by atoms with van der Waals surface area (Å²) in [6, 6.07) is 8.81. The van der Waals surface area contributed by atoms with Gasteiger partial charge in [0.25, 0.3) is 5.91 Å². The van der Waals surface area contributed by atoms with Crippen molar-refractivity contribution in [3.05, 3.63) is 35.9 Å². The molecule has 6 nitrogen and oxygen atoms in total. The van der Waals surface area contributed by atoms with E-state index >= 15 is 0 Å². The summed E-state index contributed by atoms with van der Waals surface area (Å²) in [6.07, 6.45) is 0. The van der Waals surface area contributed by atoms with Gasteiger partial charge in [0.2, 0.25) is 15.2 Å². The predicted octanol–water partition coefficient (Wildman–Crippen LogP) is -0.00910. The molecule has 0 aliphatic carbocycles. The normalized spacial score (nSPS) is 22.4. The monoisotopic (exact) mass is 300 g/mol. The van der Waals surface area contributed by atoms with Gasteiger partial charge in [-0.1, -0.05) is 30.3 Å². The summed E-state index contributed by atoms with van der Waals surface area (Å²) in [5.41, 5.74) is 3.09. The van der Waals surface area contributed by atoms with Gasteiger partial charge in [-0.3, -0.25) is 15.0 Å². The maximum atomic E-state index is 11.9. The number of hydrogen-bond donors (Lipinski definition) is 1. The molecule has 1 heterocycles. The van der Waals surface area contributed by atoms with E-state index in [0.717, 1.165) is 5.01 Å². The minimum Gasteiger partial charge on any atom is -0.274 e. The van der Waals surface area contributed by atoms with E-state index in [0.29, 0.717) is 5.56 Å². The predicted molar refractivity (Wildman–Crippen MR) is 71.0 cm³/mol. The topological polar surface area (TPSA) is 83.6 Å². The molecule has 0 spiro atoms. The third-order valence-electron chi connectivity index (χ3n) is 2.56. The van der Waals surface area contributed by atoms with Crippen LogP contribution in [0.15, 0.2) is 30.3 Å². The molecule has 2 amide bonds. The summed E-state index contributed by atoms with van der Waals surface area (Å²) in [5, 5.41) is 0.465. The van der Waals surface area contributed by atoms with Crippen molar-refractivity contribution in [2.75, 3.05) is 5.75 Å². The number of nitrogens with zero attached hydrogens (tertiary/aromatic N) is 1. The van der Waals surface area contributed by atoms with E-state index in [-0.39, 0.29) is 5.75 Å². The van der Waals surface area contributed by atoms with Crippen LogP contribution in [0, 0.1) is 0 Å². The van der Waals surface area contributed by atoms with E-state index in [9.17, 15) is 18.0 Å². The highest BCUT2D eigenvalue weighted by Gasteiger charge is 2.38. The Labute approximate surface area is 113 Å². The SMILES string of the molecule is CC(=O)NN1C(=O)CS(=S(=O)=O)C1c1ccccc1. The molecular formula is C11H12N2O4S2. The Morgan fingerprint density at radius 2 is 2.00 bits per heavy atom. The third kappa shape index (κ3) is 2.85. The van der Waals surface area contributed by atoms with E-state index < -0.39 is 35.9 Å². The van der Waals surface area contributed by atoms with Crippen molar-refractivity contribution in [1.29, 1.82) is 0 Å². The van der Waals surface area contributed by atoms with Crippen LogP contribution in [0.1, 0.15) is 17.9 Å². The van der Waals surface area contributed by atoms with Crippen molar-refractivity contribution in [3.8, 4) is 0 Å². The van der Waals surface area contributed by atoms with E-state index in [1.54, 1.807) is 30.3 Å². The number of hydrogen-bond acceptors (Lipinski definition) is 4. The first-order valence-electron chi connectivity index (χ1n) is 5.44. The highest BCUT2D eigenvalue weighted by Crippen LogP contribution is 2.29. The third-order valence-corrected chi connectivity index (χ3v) is 6.37. The lowest BCUT2D eigenvalue weighted by atomic mass is 10.2. The van der Waals surface area contributed by atoms with Gasteiger partial charge < -0.3 is 0 Å². The van der Waals surface area contributed by atoms with Gasteiger partial charge in [0, 0.05) is 6.92 Å². The van der Waals surface area contributed by atoms with E-state index in [1.165, 1.54) is 6.92 Å². The molecule has 1 fully saturated rings. The molecule has 1 saturated heterocycles. The molecule has 1 aromatic carbocycles. The zero-order chi connectivity index (χ0) is 14.0. The molecule has 8 heteroatoms. The smallest absolute Gasteiger partial charge is 0.252 e. The Bertz CT molecular complexity index is 647. The molecule has 1 aromatic rings. The van der Waals surface area contributed by atoms with Crippen LogP contribution in [0.2, 0.25) is 0 Å². The van der Waals surface area contributed by atoms with E-state index in [2.05, 4.69) is 5.43 Å². The molecule has 0 bridgehead atoms. The van der Waals surface area contributed by atoms with Gasteiger partial charge in [-0.15, -0.1) is 0 Å². The second kappa shape index (κ2) is 5.54. The van der Waals surface area contributed by atoms with Crippen LogP contribution in [0.25, 0.3) is 0 Å². The number of amides is 2. The van der Waals surface area contributed by atoms with Gasteiger partial charge in [-0.2, -0.15) is 8.42 Å². The van der Waals surface area contributed by atoms with Crippen molar-refractivity contribution in [2.24, 2.45) is 0 Å². The van der Waals surface area contributed by atoms with Gasteiger partial charge in [0.1, 0.15) is 5.37 Å². The molecule has 102 valence electrons. The van der Waals surface area contributed by atoms with Crippen molar-refractivity contribution in [3.63, 3.8) is 0 Å². The Balaban J connectivity index is 2.51. The molecule has 19 heavy (non-hydrogen) atoms. The first kappa shape index (κ1) is 13.8. The standard InChI is InChI=1S/C11H12N2O4S2/c1-8(14)12-13-10(15)7-18(19(16)17)11(13)9-5-3-2-4-6-9/h2-6,11H,7H2,1H3,(H,12,14). The van der Waals surface area contributed by atoms with Crippen LogP contribution in [0.4, 0.5) is 0 Å². The second-order valence-electron chi connectivity index (χ2n) is 3.92. The highest BCUT2D eigenvalue weighted by atomic mass is 32.9. The molecular weight excluding hydrogens is 288 g/mol. The number of hydrazine groups is 1. The first-order valence-corrected chi connectivity index (χ1v) is 8.49. The quantitative estimate of drug-likeness (QED) is 0.833. The van der Waals surface area contributed by atoms with Gasteiger partial charge >= 0.3 is 0 Å². The zero-order valence-corrected chi connectivity index (χ0v) is 11.7. The fourth-order valence-corrected chi connectivity index (χ4v) is 5.13. The molecule has 1 aliphatic heterocycles. The summed E-state index contributed by atoms with van der Waals surface area (Å²) in [4.78, 5) is 23.0. The van der Waals surface area contributed by atoms with Crippen LogP contribution in [0.3, 0.4) is 0 Å². The maximum absolute atomic E-state index is 11.9. The van der Waals surface area contributed by atoms with Crippen LogP contribution < -0.4 is 5.43 Å². The summed E-state index contributed by atoms with van der Waals surface area (Å²) in [7, 11) is -3.53. The number of benzene rings is 1. The number of nitrogens with one attached hydrogen (secondary N) is 1. The average molecular weight is 300 g/mol. The minimum absolute atomic E-state index is 0.101. The molecule has 2 unspecified atom stereocenters. The van der Waals surface area contributed by atoms with E-state index in [4.69, 9.17) is 0 Å². The molecule has 0 saturated carbocycles. The Hall–Kier alpha value is -1.67. The summed E-state index contributed by atoms with van der Waals surface area (Å²) in [6.45, 7) is 1.28. The van der Waals surface area contributed by atoms with Crippen molar-refractivity contribution in [2.45, 2.75) is 12.3 Å². The number of rotatable bonds is 2. The van der Waals surface area contributed by atoms with Gasteiger partial charge in [-0.25, -0.2) is 5.01 Å². The van der Waals surface area contributed by atoms with Crippen LogP contribution in [0.5, 0.6) is 0 Å². The van der Waals surface area contributed by atoms with Crippen LogP contribution in [-0.2, 0) is 28.3 Å². The molecule has 2 atom stereocenters.